The van der Waals surface area contributed by atoms with Crippen molar-refractivity contribution in [3.8, 4) is 0 Å². The molecule has 0 spiro atoms. The lowest BCUT2D eigenvalue weighted by Crippen LogP contribution is -2.32. The SMILES string of the molecule is CC1=NC(N)C(CSCC(O)CO)=CN1. The van der Waals surface area contributed by atoms with Crippen molar-refractivity contribution in [2.75, 3.05) is 18.1 Å². The van der Waals surface area contributed by atoms with Crippen LogP contribution in [0.1, 0.15) is 6.92 Å². The topological polar surface area (TPSA) is 90.9 Å². The molecular weight excluding hydrogens is 214 g/mol. The zero-order chi connectivity index (χ0) is 11.3. The van der Waals surface area contributed by atoms with E-state index in [4.69, 9.17) is 15.9 Å². The van der Waals surface area contributed by atoms with Crippen LogP contribution >= 0.6 is 11.8 Å². The second-order valence-electron chi connectivity index (χ2n) is 3.37. The number of nitrogens with two attached hydrogens (primary N) is 1. The van der Waals surface area contributed by atoms with Gasteiger partial charge in [-0.2, -0.15) is 11.8 Å². The second kappa shape index (κ2) is 6.12. The number of nitrogens with one attached hydrogen (secondary N) is 1. The van der Waals surface area contributed by atoms with Gasteiger partial charge < -0.3 is 21.3 Å². The lowest BCUT2D eigenvalue weighted by Gasteiger charge is -2.18. The number of rotatable bonds is 5. The van der Waals surface area contributed by atoms with Crippen molar-refractivity contribution in [1.29, 1.82) is 0 Å². The van der Waals surface area contributed by atoms with Crippen molar-refractivity contribution in [3.05, 3.63) is 11.8 Å². The molecule has 2 atom stereocenters. The van der Waals surface area contributed by atoms with Gasteiger partial charge in [-0.1, -0.05) is 0 Å². The third kappa shape index (κ3) is 4.21. The van der Waals surface area contributed by atoms with Crippen molar-refractivity contribution in [3.63, 3.8) is 0 Å². The number of aliphatic hydroxyl groups is 2. The van der Waals surface area contributed by atoms with Crippen LogP contribution in [0.25, 0.3) is 0 Å². The zero-order valence-corrected chi connectivity index (χ0v) is 9.50. The van der Waals surface area contributed by atoms with Crippen LogP contribution in [0.4, 0.5) is 0 Å². The molecule has 0 fully saturated rings. The van der Waals surface area contributed by atoms with Gasteiger partial charge in [-0.15, -0.1) is 0 Å². The highest BCUT2D eigenvalue weighted by molar-refractivity contribution is 7.99. The van der Waals surface area contributed by atoms with Gasteiger partial charge in [-0.05, 0) is 12.5 Å². The summed E-state index contributed by atoms with van der Waals surface area (Å²) in [5.41, 5.74) is 6.79. The number of hydrogen-bond donors (Lipinski definition) is 4. The summed E-state index contributed by atoms with van der Waals surface area (Å²) in [7, 11) is 0. The smallest absolute Gasteiger partial charge is 0.123 e. The fourth-order valence-corrected chi connectivity index (χ4v) is 2.09. The van der Waals surface area contributed by atoms with Gasteiger partial charge in [-0.25, -0.2) is 4.99 Å². The van der Waals surface area contributed by atoms with E-state index in [1.165, 1.54) is 11.8 Å². The predicted octanol–water partition coefficient (Wildman–Crippen LogP) is -0.737. The van der Waals surface area contributed by atoms with Gasteiger partial charge in [0.05, 0.1) is 18.5 Å². The Hall–Kier alpha value is -0.560. The van der Waals surface area contributed by atoms with Crippen LogP contribution in [-0.4, -0.2) is 46.4 Å². The molecule has 0 bridgehead atoms. The molecule has 0 aliphatic carbocycles. The number of thioether (sulfide) groups is 1. The van der Waals surface area contributed by atoms with E-state index in [0.717, 1.165) is 11.4 Å². The fraction of sp³-hybridized carbons (Fsp3) is 0.667. The minimum Gasteiger partial charge on any atom is -0.394 e. The molecule has 86 valence electrons. The minimum atomic E-state index is -0.659. The van der Waals surface area contributed by atoms with E-state index in [9.17, 15) is 0 Å². The zero-order valence-electron chi connectivity index (χ0n) is 8.68. The van der Waals surface area contributed by atoms with Gasteiger partial charge in [0.25, 0.3) is 0 Å². The molecule has 1 aliphatic heterocycles. The maximum atomic E-state index is 9.13. The number of amidine groups is 1. The van der Waals surface area contributed by atoms with Crippen molar-refractivity contribution in [2.45, 2.75) is 19.2 Å². The van der Waals surface area contributed by atoms with Gasteiger partial charge in [0.1, 0.15) is 6.17 Å². The molecule has 0 aromatic carbocycles. The molecule has 0 saturated heterocycles. The Morgan fingerprint density at radius 3 is 3.07 bits per heavy atom. The lowest BCUT2D eigenvalue weighted by atomic mass is 10.2. The quantitative estimate of drug-likeness (QED) is 0.500. The third-order valence-electron chi connectivity index (χ3n) is 1.97. The van der Waals surface area contributed by atoms with E-state index in [-0.39, 0.29) is 12.8 Å². The molecule has 1 aliphatic rings. The molecule has 5 N–H and O–H groups in total. The van der Waals surface area contributed by atoms with Gasteiger partial charge in [0.2, 0.25) is 0 Å². The van der Waals surface area contributed by atoms with Crippen molar-refractivity contribution < 1.29 is 10.2 Å². The van der Waals surface area contributed by atoms with Crippen LogP contribution < -0.4 is 11.1 Å². The predicted molar refractivity (Wildman–Crippen MR) is 62.7 cm³/mol. The van der Waals surface area contributed by atoms with E-state index in [1.807, 2.05) is 13.1 Å². The summed E-state index contributed by atoms with van der Waals surface area (Å²) in [4.78, 5) is 4.17. The molecule has 1 heterocycles. The summed E-state index contributed by atoms with van der Waals surface area (Å²) < 4.78 is 0. The number of aliphatic hydroxyl groups excluding tert-OH is 2. The molecule has 0 aromatic rings. The van der Waals surface area contributed by atoms with Crippen LogP contribution in [0.5, 0.6) is 0 Å². The lowest BCUT2D eigenvalue weighted by molar-refractivity contribution is 0.113. The summed E-state index contributed by atoms with van der Waals surface area (Å²) in [6.45, 7) is 1.66. The van der Waals surface area contributed by atoms with E-state index in [2.05, 4.69) is 10.3 Å². The van der Waals surface area contributed by atoms with Gasteiger partial charge in [0, 0.05) is 17.7 Å². The molecule has 15 heavy (non-hydrogen) atoms. The molecular formula is C9H17N3O2S. The van der Waals surface area contributed by atoms with Gasteiger partial charge >= 0.3 is 0 Å². The first-order valence-electron chi connectivity index (χ1n) is 4.75. The maximum absolute atomic E-state index is 9.13. The minimum absolute atomic E-state index is 0.201. The summed E-state index contributed by atoms with van der Waals surface area (Å²) in [6, 6.07) is 0. The van der Waals surface area contributed by atoms with Gasteiger partial charge in [-0.3, -0.25) is 0 Å². The summed E-state index contributed by atoms with van der Waals surface area (Å²) >= 11 is 1.53. The van der Waals surface area contributed by atoms with Crippen LogP contribution in [0.15, 0.2) is 16.8 Å². The Kier molecular flexibility index (Phi) is 5.10. The molecule has 0 amide bonds. The molecule has 5 nitrogen and oxygen atoms in total. The van der Waals surface area contributed by atoms with Crippen LogP contribution in [0.2, 0.25) is 0 Å². The van der Waals surface area contributed by atoms with Crippen LogP contribution in [0.3, 0.4) is 0 Å². The summed E-state index contributed by atoms with van der Waals surface area (Å²) in [5.74, 6) is 2.03. The maximum Gasteiger partial charge on any atom is 0.123 e. The average Bonchev–Trinajstić information content (AvgIpc) is 2.21. The highest BCUT2D eigenvalue weighted by Gasteiger charge is 2.13. The standard InChI is InChI=1S/C9H17N3O2S/c1-6-11-2-7(9(10)12-6)4-15-5-8(14)3-13/h2,8-9,13-14H,3-5,10H2,1H3,(H,11,12). The second-order valence-corrected chi connectivity index (χ2v) is 4.40. The Labute approximate surface area is 93.5 Å². The Morgan fingerprint density at radius 2 is 2.47 bits per heavy atom. The Morgan fingerprint density at radius 1 is 1.73 bits per heavy atom. The Balaban J connectivity index is 2.28. The highest BCUT2D eigenvalue weighted by atomic mass is 32.2. The van der Waals surface area contributed by atoms with Gasteiger partial charge in [0.15, 0.2) is 0 Å². The van der Waals surface area contributed by atoms with E-state index in [0.29, 0.717) is 11.5 Å². The molecule has 6 heteroatoms. The first kappa shape index (κ1) is 12.5. The van der Waals surface area contributed by atoms with Crippen LogP contribution in [-0.2, 0) is 0 Å². The number of nitrogens with zero attached hydrogens (tertiary/aromatic N) is 1. The molecule has 0 saturated carbocycles. The van der Waals surface area contributed by atoms with Crippen LogP contribution in [0, 0.1) is 0 Å². The van der Waals surface area contributed by atoms with E-state index < -0.39 is 6.10 Å². The summed E-state index contributed by atoms with van der Waals surface area (Å²) in [6.07, 6.45) is 0.907. The highest BCUT2D eigenvalue weighted by Crippen LogP contribution is 2.13. The molecule has 0 radical (unpaired) electrons. The van der Waals surface area contributed by atoms with E-state index in [1.54, 1.807) is 0 Å². The first-order chi connectivity index (χ1) is 7.13. The third-order valence-corrected chi connectivity index (χ3v) is 3.13. The van der Waals surface area contributed by atoms with E-state index >= 15 is 0 Å². The number of hydrogen-bond acceptors (Lipinski definition) is 6. The van der Waals surface area contributed by atoms with Crippen molar-refractivity contribution in [1.82, 2.24) is 5.32 Å². The Bertz CT molecular complexity index is 268. The first-order valence-corrected chi connectivity index (χ1v) is 5.91. The normalized spacial score (nSPS) is 22.8. The average molecular weight is 231 g/mol. The number of aliphatic imine (C=N–C) groups is 1. The van der Waals surface area contributed by atoms with Crippen molar-refractivity contribution >= 4 is 17.6 Å². The summed E-state index contributed by atoms with van der Waals surface area (Å²) in [5, 5.41) is 20.7. The van der Waals surface area contributed by atoms with Crippen molar-refractivity contribution in [2.24, 2.45) is 10.7 Å². The molecule has 0 aromatic heterocycles. The largest absolute Gasteiger partial charge is 0.394 e. The molecule has 1 rings (SSSR count). The monoisotopic (exact) mass is 231 g/mol. The molecule has 2 unspecified atom stereocenters. The fourth-order valence-electron chi connectivity index (χ4n) is 1.10.